The summed E-state index contributed by atoms with van der Waals surface area (Å²) in [5, 5.41) is 0. The van der Waals surface area contributed by atoms with Gasteiger partial charge in [0.1, 0.15) is 5.82 Å². The van der Waals surface area contributed by atoms with E-state index in [2.05, 4.69) is 71.2 Å². The van der Waals surface area contributed by atoms with Gasteiger partial charge >= 0.3 is 0 Å². The number of nitrogens with zero attached hydrogens (tertiary/aromatic N) is 5. The average Bonchev–Trinajstić information content (AvgIpc) is 2.89. The van der Waals surface area contributed by atoms with Gasteiger partial charge in [-0.25, -0.2) is 4.98 Å². The SMILES string of the molecule is Cc1cccc(-c2cccc([C@@H]3CCCN(C(=O)c4ccnc(N5CCN(C)CC5)c4)C3)n2)c1. The quantitative estimate of drug-likeness (QED) is 0.590. The van der Waals surface area contributed by atoms with Gasteiger partial charge in [0.15, 0.2) is 0 Å². The van der Waals surface area contributed by atoms with Crippen LogP contribution in [0.4, 0.5) is 5.82 Å². The van der Waals surface area contributed by atoms with Gasteiger partial charge in [0.2, 0.25) is 0 Å². The number of aryl methyl sites for hydroxylation is 1. The lowest BCUT2D eigenvalue weighted by Gasteiger charge is -2.34. The van der Waals surface area contributed by atoms with Crippen molar-refractivity contribution in [3.63, 3.8) is 0 Å². The number of hydrogen-bond acceptors (Lipinski definition) is 5. The number of aromatic nitrogens is 2. The Morgan fingerprint density at radius 1 is 0.971 bits per heavy atom. The Labute approximate surface area is 202 Å². The van der Waals surface area contributed by atoms with Gasteiger partial charge in [0.25, 0.3) is 5.91 Å². The maximum atomic E-state index is 13.4. The number of likely N-dealkylation sites (N-methyl/N-ethyl adjacent to an activating group) is 1. The van der Waals surface area contributed by atoms with E-state index in [9.17, 15) is 4.79 Å². The largest absolute Gasteiger partial charge is 0.354 e. The number of amides is 1. The summed E-state index contributed by atoms with van der Waals surface area (Å²) in [6.45, 7) is 7.51. The van der Waals surface area contributed by atoms with Gasteiger partial charge in [0, 0.05) is 68.2 Å². The minimum absolute atomic E-state index is 0.0947. The number of anilines is 1. The summed E-state index contributed by atoms with van der Waals surface area (Å²) in [7, 11) is 2.14. The van der Waals surface area contributed by atoms with Crippen LogP contribution in [-0.2, 0) is 0 Å². The van der Waals surface area contributed by atoms with E-state index in [1.807, 2.05) is 17.0 Å². The molecule has 0 unspecified atom stereocenters. The van der Waals surface area contributed by atoms with Crippen LogP contribution in [0.1, 0.15) is 40.4 Å². The maximum absolute atomic E-state index is 13.4. The molecule has 0 bridgehead atoms. The highest BCUT2D eigenvalue weighted by Gasteiger charge is 2.27. The fourth-order valence-corrected chi connectivity index (χ4v) is 4.99. The number of carbonyl (C=O) groups is 1. The van der Waals surface area contributed by atoms with Crippen LogP contribution in [0.5, 0.6) is 0 Å². The standard InChI is InChI=1S/C28H33N5O/c1-21-6-3-7-22(18-21)25-9-4-10-26(30-25)24-8-5-13-33(20-24)28(34)23-11-12-29-27(19-23)32-16-14-31(2)15-17-32/h3-4,6-7,9-12,18-19,24H,5,8,13-17,20H2,1-2H3/t24-/m1/s1. The van der Waals surface area contributed by atoms with Crippen molar-refractivity contribution < 1.29 is 4.79 Å². The van der Waals surface area contributed by atoms with Gasteiger partial charge in [0.05, 0.1) is 5.69 Å². The predicted molar refractivity (Wildman–Crippen MR) is 136 cm³/mol. The Bertz CT molecular complexity index is 1150. The minimum atomic E-state index is 0.0947. The minimum Gasteiger partial charge on any atom is -0.354 e. The first-order valence-corrected chi connectivity index (χ1v) is 12.3. The van der Waals surface area contributed by atoms with E-state index in [4.69, 9.17) is 4.98 Å². The Morgan fingerprint density at radius 3 is 2.62 bits per heavy atom. The second kappa shape index (κ2) is 9.94. The number of carbonyl (C=O) groups excluding carboxylic acids is 1. The molecule has 0 N–H and O–H groups in total. The number of likely N-dealkylation sites (tertiary alicyclic amines) is 1. The smallest absolute Gasteiger partial charge is 0.254 e. The molecule has 0 saturated carbocycles. The highest BCUT2D eigenvalue weighted by Crippen LogP contribution is 2.29. The Hall–Kier alpha value is -3.25. The van der Waals surface area contributed by atoms with E-state index >= 15 is 0 Å². The molecule has 5 rings (SSSR count). The summed E-state index contributed by atoms with van der Waals surface area (Å²) in [6.07, 6.45) is 3.81. The molecular formula is C28H33N5O. The summed E-state index contributed by atoms with van der Waals surface area (Å²) in [4.78, 5) is 29.6. The lowest BCUT2D eigenvalue weighted by atomic mass is 9.93. The van der Waals surface area contributed by atoms with E-state index in [0.29, 0.717) is 6.54 Å². The molecule has 2 saturated heterocycles. The molecule has 1 amide bonds. The van der Waals surface area contributed by atoms with E-state index in [-0.39, 0.29) is 11.8 Å². The highest BCUT2D eigenvalue weighted by molar-refractivity contribution is 5.95. The molecule has 2 aliphatic rings. The molecule has 2 fully saturated rings. The maximum Gasteiger partial charge on any atom is 0.254 e. The molecule has 6 nitrogen and oxygen atoms in total. The number of hydrogen-bond donors (Lipinski definition) is 0. The Balaban J connectivity index is 1.31. The lowest BCUT2D eigenvalue weighted by molar-refractivity contribution is 0.0706. The third-order valence-electron chi connectivity index (χ3n) is 7.03. The summed E-state index contributed by atoms with van der Waals surface area (Å²) < 4.78 is 0. The number of piperidine rings is 1. The van der Waals surface area contributed by atoms with Gasteiger partial charge < -0.3 is 14.7 Å². The topological polar surface area (TPSA) is 52.6 Å². The molecule has 0 spiro atoms. The van der Waals surface area contributed by atoms with E-state index in [1.165, 1.54) is 5.56 Å². The van der Waals surface area contributed by atoms with Crippen molar-refractivity contribution in [2.24, 2.45) is 0 Å². The summed E-state index contributed by atoms with van der Waals surface area (Å²) in [5.74, 6) is 1.25. The van der Waals surface area contributed by atoms with Crippen molar-refractivity contribution in [2.45, 2.75) is 25.7 Å². The molecule has 2 aliphatic heterocycles. The number of rotatable bonds is 4. The van der Waals surface area contributed by atoms with Crippen molar-refractivity contribution in [3.05, 3.63) is 77.6 Å². The normalized spacial score (nSPS) is 19.3. The van der Waals surface area contributed by atoms with Crippen molar-refractivity contribution in [1.82, 2.24) is 19.8 Å². The molecule has 6 heteroatoms. The van der Waals surface area contributed by atoms with Gasteiger partial charge in [-0.1, -0.05) is 29.8 Å². The first-order valence-electron chi connectivity index (χ1n) is 12.3. The molecule has 34 heavy (non-hydrogen) atoms. The summed E-state index contributed by atoms with van der Waals surface area (Å²) in [6, 6.07) is 18.5. The highest BCUT2D eigenvalue weighted by atomic mass is 16.2. The summed E-state index contributed by atoms with van der Waals surface area (Å²) in [5.41, 5.74) is 5.16. The monoisotopic (exact) mass is 455 g/mol. The van der Waals surface area contributed by atoms with E-state index in [0.717, 1.165) is 73.9 Å². The van der Waals surface area contributed by atoms with Crippen molar-refractivity contribution in [1.29, 1.82) is 0 Å². The van der Waals surface area contributed by atoms with Crippen molar-refractivity contribution in [2.75, 3.05) is 51.2 Å². The molecule has 4 heterocycles. The average molecular weight is 456 g/mol. The van der Waals surface area contributed by atoms with Crippen LogP contribution < -0.4 is 4.90 Å². The fraction of sp³-hybridized carbons (Fsp3) is 0.393. The third kappa shape index (κ3) is 4.97. The first kappa shape index (κ1) is 22.5. The predicted octanol–water partition coefficient (Wildman–Crippen LogP) is 4.22. The van der Waals surface area contributed by atoms with E-state index < -0.39 is 0 Å². The Kier molecular flexibility index (Phi) is 6.59. The van der Waals surface area contributed by atoms with Crippen LogP contribution in [0.15, 0.2) is 60.8 Å². The zero-order valence-electron chi connectivity index (χ0n) is 20.2. The summed E-state index contributed by atoms with van der Waals surface area (Å²) >= 11 is 0. The molecule has 3 aromatic rings. The molecular weight excluding hydrogens is 422 g/mol. The first-order chi connectivity index (χ1) is 16.6. The van der Waals surface area contributed by atoms with Crippen LogP contribution in [0.3, 0.4) is 0 Å². The lowest BCUT2D eigenvalue weighted by Crippen LogP contribution is -2.45. The van der Waals surface area contributed by atoms with Gasteiger partial charge in [-0.3, -0.25) is 9.78 Å². The van der Waals surface area contributed by atoms with E-state index in [1.54, 1.807) is 6.20 Å². The molecule has 176 valence electrons. The molecule has 1 aromatic carbocycles. The second-order valence-corrected chi connectivity index (χ2v) is 9.60. The van der Waals surface area contributed by atoms with Crippen LogP contribution in [0.2, 0.25) is 0 Å². The zero-order chi connectivity index (χ0) is 23.5. The van der Waals surface area contributed by atoms with Crippen LogP contribution in [0.25, 0.3) is 11.3 Å². The third-order valence-corrected chi connectivity index (χ3v) is 7.03. The van der Waals surface area contributed by atoms with Crippen LogP contribution >= 0.6 is 0 Å². The van der Waals surface area contributed by atoms with Gasteiger partial charge in [-0.2, -0.15) is 0 Å². The van der Waals surface area contributed by atoms with Crippen LogP contribution in [-0.4, -0.2) is 72.0 Å². The molecule has 1 atom stereocenters. The number of pyridine rings is 2. The van der Waals surface area contributed by atoms with Gasteiger partial charge in [-0.05, 0) is 57.1 Å². The molecule has 2 aromatic heterocycles. The van der Waals surface area contributed by atoms with Crippen molar-refractivity contribution >= 4 is 11.7 Å². The molecule has 0 aliphatic carbocycles. The molecule has 0 radical (unpaired) electrons. The Morgan fingerprint density at radius 2 is 1.79 bits per heavy atom. The number of benzene rings is 1. The second-order valence-electron chi connectivity index (χ2n) is 9.60. The van der Waals surface area contributed by atoms with Crippen molar-refractivity contribution in [3.8, 4) is 11.3 Å². The fourth-order valence-electron chi connectivity index (χ4n) is 4.99. The zero-order valence-corrected chi connectivity index (χ0v) is 20.2. The van der Waals surface area contributed by atoms with Crippen LogP contribution in [0, 0.1) is 6.92 Å². The number of piperazine rings is 1. The van der Waals surface area contributed by atoms with Gasteiger partial charge in [-0.15, -0.1) is 0 Å².